The van der Waals surface area contributed by atoms with E-state index in [1.807, 2.05) is 0 Å². The summed E-state index contributed by atoms with van der Waals surface area (Å²) in [7, 11) is -3.55. The molecule has 0 aliphatic heterocycles. The Morgan fingerprint density at radius 2 is 2.09 bits per heavy atom. The third kappa shape index (κ3) is 7.38. The van der Waals surface area contributed by atoms with Crippen LogP contribution in [0.15, 0.2) is 0 Å². The lowest BCUT2D eigenvalue weighted by Gasteiger charge is -2.10. The maximum Gasteiger partial charge on any atom is 0.329 e. The van der Waals surface area contributed by atoms with Gasteiger partial charge in [-0.3, -0.25) is 4.57 Å². The van der Waals surface area contributed by atoms with Crippen LogP contribution >= 0.6 is 42.4 Å². The number of rotatable bonds is 5. The third-order valence-corrected chi connectivity index (χ3v) is 2.82. The van der Waals surface area contributed by atoms with E-state index < -0.39 is 12.4 Å². The van der Waals surface area contributed by atoms with Gasteiger partial charge in [-0.2, -0.15) is 0 Å². The summed E-state index contributed by atoms with van der Waals surface area (Å²) >= 11 is 15.7. The molecule has 0 aliphatic carbocycles. The molecule has 1 N–H and O–H groups in total. The molecule has 0 radical (unpaired) electrons. The summed E-state index contributed by atoms with van der Waals surface area (Å²) in [6.07, 6.45) is -0.0882. The first-order valence-electron chi connectivity index (χ1n) is 2.78. The van der Waals surface area contributed by atoms with Crippen LogP contribution in [-0.4, -0.2) is 28.4 Å². The summed E-state index contributed by atoms with van der Waals surface area (Å²) < 4.78 is 15.3. The van der Waals surface area contributed by atoms with Gasteiger partial charge in [0.05, 0.1) is 12.8 Å². The van der Waals surface area contributed by atoms with Crippen molar-refractivity contribution < 1.29 is 14.0 Å². The molecule has 0 rings (SSSR count). The van der Waals surface area contributed by atoms with Crippen molar-refractivity contribution in [1.29, 1.82) is 0 Å². The Kier molecular flexibility index (Phi) is 6.15. The van der Waals surface area contributed by atoms with Crippen LogP contribution in [0.5, 0.6) is 0 Å². The Hall–Kier alpha value is 1.02. The summed E-state index contributed by atoms with van der Waals surface area (Å²) in [6.45, 7) is -0.159. The van der Waals surface area contributed by atoms with Crippen molar-refractivity contribution in [2.24, 2.45) is 0 Å². The van der Waals surface area contributed by atoms with Crippen molar-refractivity contribution in [2.45, 2.75) is 4.84 Å². The van der Waals surface area contributed by atoms with Crippen LogP contribution in [0.25, 0.3) is 0 Å². The number of halogens is 3. The lowest BCUT2D eigenvalue weighted by atomic mass is 10.9. The summed E-state index contributed by atoms with van der Waals surface area (Å²) in [5.74, 6) is 0.0724. The molecule has 0 amide bonds. The lowest BCUT2D eigenvalue weighted by Crippen LogP contribution is -2.03. The molecule has 1 atom stereocenters. The van der Waals surface area contributed by atoms with Crippen molar-refractivity contribution in [1.82, 2.24) is 0 Å². The van der Waals surface area contributed by atoms with E-state index in [0.717, 1.165) is 0 Å². The minimum absolute atomic E-state index is 0.0724. The largest absolute Gasteiger partial charge is 0.329 e. The second-order valence-corrected chi connectivity index (χ2v) is 5.37. The van der Waals surface area contributed by atoms with E-state index in [1.54, 1.807) is 0 Å². The standard InChI is InChI=1S/C4H8Cl3O3P/c5-1-2-11(8,9)10-3-4(6)7/h4H,1-3H2,(H,8,9). The van der Waals surface area contributed by atoms with Gasteiger partial charge in [0, 0.05) is 5.88 Å². The van der Waals surface area contributed by atoms with Crippen molar-refractivity contribution in [3.63, 3.8) is 0 Å². The second-order valence-electron chi connectivity index (χ2n) is 1.74. The van der Waals surface area contributed by atoms with Crippen LogP contribution in [0.4, 0.5) is 0 Å². The maximum atomic E-state index is 10.8. The molecule has 0 heterocycles. The first-order chi connectivity index (χ1) is 4.98. The van der Waals surface area contributed by atoms with Crippen molar-refractivity contribution >= 4 is 42.4 Å². The molecule has 0 fully saturated rings. The smallest absolute Gasteiger partial charge is 0.324 e. The van der Waals surface area contributed by atoms with Crippen molar-refractivity contribution in [3.05, 3.63) is 0 Å². The second kappa shape index (κ2) is 5.63. The van der Waals surface area contributed by atoms with Crippen LogP contribution in [0.3, 0.4) is 0 Å². The fraction of sp³-hybridized carbons (Fsp3) is 1.00. The normalized spacial score (nSPS) is 16.8. The van der Waals surface area contributed by atoms with E-state index in [4.69, 9.17) is 39.7 Å². The van der Waals surface area contributed by atoms with E-state index in [2.05, 4.69) is 4.52 Å². The molecule has 68 valence electrons. The zero-order chi connectivity index (χ0) is 8.91. The topological polar surface area (TPSA) is 46.5 Å². The zero-order valence-corrected chi connectivity index (χ0v) is 8.71. The molecular formula is C4H8Cl3O3P. The Bertz CT molecular complexity index is 152. The summed E-state index contributed by atoms with van der Waals surface area (Å²) in [5.41, 5.74) is 0. The Morgan fingerprint density at radius 1 is 1.55 bits per heavy atom. The summed E-state index contributed by atoms with van der Waals surface area (Å²) in [4.78, 5) is 8.11. The van der Waals surface area contributed by atoms with Gasteiger partial charge in [-0.25, -0.2) is 0 Å². The average molecular weight is 241 g/mol. The maximum absolute atomic E-state index is 10.8. The average Bonchev–Trinajstić information content (AvgIpc) is 1.84. The Balaban J connectivity index is 3.64. The van der Waals surface area contributed by atoms with Gasteiger partial charge in [-0.1, -0.05) is 0 Å². The fourth-order valence-corrected chi connectivity index (χ4v) is 2.01. The van der Waals surface area contributed by atoms with Gasteiger partial charge in [0.15, 0.2) is 0 Å². The summed E-state index contributed by atoms with van der Waals surface area (Å²) in [6, 6.07) is 0. The first-order valence-corrected chi connectivity index (χ1v) is 5.95. The highest BCUT2D eigenvalue weighted by Crippen LogP contribution is 2.41. The van der Waals surface area contributed by atoms with Crippen LogP contribution in [0.2, 0.25) is 0 Å². The van der Waals surface area contributed by atoms with Gasteiger partial charge in [-0.05, 0) is 0 Å². The highest BCUT2D eigenvalue weighted by Gasteiger charge is 2.19. The number of alkyl halides is 3. The molecule has 0 spiro atoms. The predicted molar refractivity (Wildman–Crippen MR) is 46.9 cm³/mol. The Morgan fingerprint density at radius 3 is 2.45 bits per heavy atom. The highest BCUT2D eigenvalue weighted by atomic mass is 35.5. The SMILES string of the molecule is O=P(O)(CCCl)OCC(Cl)Cl. The molecule has 0 saturated carbocycles. The predicted octanol–water partition coefficient (Wildman–Crippen LogP) is 2.23. The summed E-state index contributed by atoms with van der Waals surface area (Å²) in [5, 5.41) is 0. The van der Waals surface area contributed by atoms with Crippen LogP contribution in [0, 0.1) is 0 Å². The molecule has 3 nitrogen and oxygen atoms in total. The van der Waals surface area contributed by atoms with Crippen molar-refractivity contribution in [2.75, 3.05) is 18.6 Å². The molecule has 0 aromatic rings. The van der Waals surface area contributed by atoms with Gasteiger partial charge >= 0.3 is 7.60 Å². The molecule has 7 heteroatoms. The molecule has 1 unspecified atom stereocenters. The highest BCUT2D eigenvalue weighted by molar-refractivity contribution is 7.52. The zero-order valence-electron chi connectivity index (χ0n) is 5.54. The van der Waals surface area contributed by atoms with E-state index in [-0.39, 0.29) is 18.6 Å². The molecular weight excluding hydrogens is 233 g/mol. The van der Waals surface area contributed by atoms with Gasteiger partial charge in [0.2, 0.25) is 0 Å². The third-order valence-electron chi connectivity index (χ3n) is 0.769. The first kappa shape index (κ1) is 12.0. The van der Waals surface area contributed by atoms with E-state index >= 15 is 0 Å². The lowest BCUT2D eigenvalue weighted by molar-refractivity contribution is 0.271. The van der Waals surface area contributed by atoms with Crippen LogP contribution in [0.1, 0.15) is 0 Å². The molecule has 0 bridgehead atoms. The minimum Gasteiger partial charge on any atom is -0.324 e. The fourth-order valence-electron chi connectivity index (χ4n) is 0.344. The van der Waals surface area contributed by atoms with Gasteiger partial charge in [0.1, 0.15) is 4.84 Å². The van der Waals surface area contributed by atoms with Crippen LogP contribution in [-0.2, 0) is 9.09 Å². The molecule has 0 aliphatic rings. The monoisotopic (exact) mass is 240 g/mol. The quantitative estimate of drug-likeness (QED) is 0.593. The molecule has 11 heavy (non-hydrogen) atoms. The Labute approximate surface area is 80.1 Å². The van der Waals surface area contributed by atoms with E-state index in [0.29, 0.717) is 0 Å². The van der Waals surface area contributed by atoms with Crippen LogP contribution < -0.4 is 0 Å². The molecule has 0 aromatic carbocycles. The number of hydrogen-bond donors (Lipinski definition) is 1. The number of hydrogen-bond acceptors (Lipinski definition) is 2. The molecule has 0 aromatic heterocycles. The van der Waals surface area contributed by atoms with E-state index in [9.17, 15) is 4.57 Å². The molecule has 0 saturated heterocycles. The van der Waals surface area contributed by atoms with Gasteiger partial charge in [0.25, 0.3) is 0 Å². The van der Waals surface area contributed by atoms with Gasteiger partial charge in [-0.15, -0.1) is 34.8 Å². The van der Waals surface area contributed by atoms with Gasteiger partial charge < -0.3 is 9.42 Å². The van der Waals surface area contributed by atoms with Crippen molar-refractivity contribution in [3.8, 4) is 0 Å². The van der Waals surface area contributed by atoms with E-state index in [1.165, 1.54) is 0 Å². The minimum atomic E-state index is -3.55.